The molecule has 2 aromatic carbocycles. The summed E-state index contributed by atoms with van der Waals surface area (Å²) in [5.41, 5.74) is 5.74. The van der Waals surface area contributed by atoms with Crippen LogP contribution in [0, 0.1) is 5.41 Å². The highest BCUT2D eigenvalue weighted by Crippen LogP contribution is 2.41. The SMILES string of the molecule is O=C(O)C1(CN2CCC(=C3c4ccccc4COc4ccccc43)CC2)CCOCC1. The van der Waals surface area contributed by atoms with Crippen LogP contribution in [0.5, 0.6) is 5.75 Å². The lowest BCUT2D eigenvalue weighted by molar-refractivity contribution is -0.156. The summed E-state index contributed by atoms with van der Waals surface area (Å²) in [6, 6.07) is 16.8. The minimum Gasteiger partial charge on any atom is -0.488 e. The summed E-state index contributed by atoms with van der Waals surface area (Å²) < 4.78 is 11.6. The van der Waals surface area contributed by atoms with Gasteiger partial charge in [0.15, 0.2) is 0 Å². The maximum Gasteiger partial charge on any atom is 0.311 e. The molecule has 5 rings (SSSR count). The fraction of sp³-hybridized carbons (Fsp3) is 0.423. The lowest BCUT2D eigenvalue weighted by Crippen LogP contribution is -2.48. The summed E-state index contributed by atoms with van der Waals surface area (Å²) in [5.74, 6) is 0.263. The first kappa shape index (κ1) is 20.3. The molecule has 0 bridgehead atoms. The van der Waals surface area contributed by atoms with E-state index in [0.717, 1.165) is 31.7 Å². The number of benzene rings is 2. The number of carbonyl (C=O) groups is 1. The van der Waals surface area contributed by atoms with Crippen molar-refractivity contribution in [2.24, 2.45) is 5.41 Å². The van der Waals surface area contributed by atoms with Crippen molar-refractivity contribution in [3.8, 4) is 5.75 Å². The van der Waals surface area contributed by atoms with Gasteiger partial charge in [0.25, 0.3) is 0 Å². The van der Waals surface area contributed by atoms with Crippen LogP contribution in [-0.2, 0) is 16.1 Å². The van der Waals surface area contributed by atoms with Gasteiger partial charge in [0.1, 0.15) is 12.4 Å². The summed E-state index contributed by atoms with van der Waals surface area (Å²) in [6.45, 7) is 4.07. The van der Waals surface area contributed by atoms with Crippen molar-refractivity contribution >= 4 is 11.5 Å². The van der Waals surface area contributed by atoms with Gasteiger partial charge in [0.05, 0.1) is 5.41 Å². The van der Waals surface area contributed by atoms with E-state index in [1.54, 1.807) is 0 Å². The molecule has 2 saturated heterocycles. The predicted molar refractivity (Wildman–Crippen MR) is 119 cm³/mol. The number of fused-ring (bicyclic) bond motifs is 2. The molecule has 5 heteroatoms. The van der Waals surface area contributed by atoms with Crippen LogP contribution >= 0.6 is 0 Å². The maximum atomic E-state index is 12.1. The molecule has 0 aliphatic carbocycles. The molecule has 31 heavy (non-hydrogen) atoms. The Hall–Kier alpha value is -2.63. The van der Waals surface area contributed by atoms with Crippen LogP contribution in [0.4, 0.5) is 0 Å². The highest BCUT2D eigenvalue weighted by atomic mass is 16.5. The molecule has 0 atom stereocenters. The van der Waals surface area contributed by atoms with Crippen LogP contribution in [0.25, 0.3) is 5.57 Å². The molecule has 0 spiro atoms. The van der Waals surface area contributed by atoms with Gasteiger partial charge in [-0.2, -0.15) is 0 Å². The van der Waals surface area contributed by atoms with Crippen molar-refractivity contribution < 1.29 is 19.4 Å². The van der Waals surface area contributed by atoms with Crippen LogP contribution < -0.4 is 4.74 Å². The zero-order valence-electron chi connectivity index (χ0n) is 17.8. The van der Waals surface area contributed by atoms with Crippen molar-refractivity contribution in [1.82, 2.24) is 4.90 Å². The third kappa shape index (κ3) is 3.88. The number of hydrogen-bond acceptors (Lipinski definition) is 4. The van der Waals surface area contributed by atoms with E-state index in [9.17, 15) is 9.90 Å². The van der Waals surface area contributed by atoms with Crippen molar-refractivity contribution in [2.75, 3.05) is 32.8 Å². The Morgan fingerprint density at radius 2 is 1.65 bits per heavy atom. The molecule has 3 heterocycles. The first-order valence-corrected chi connectivity index (χ1v) is 11.2. The average Bonchev–Trinajstić information content (AvgIpc) is 2.97. The predicted octanol–water partition coefficient (Wildman–Crippen LogP) is 4.36. The fourth-order valence-electron chi connectivity index (χ4n) is 5.23. The topological polar surface area (TPSA) is 59.0 Å². The van der Waals surface area contributed by atoms with Crippen LogP contribution in [0.3, 0.4) is 0 Å². The molecule has 0 aromatic heterocycles. The third-order valence-corrected chi connectivity index (χ3v) is 7.07. The smallest absolute Gasteiger partial charge is 0.311 e. The minimum atomic E-state index is -0.677. The van der Waals surface area contributed by atoms with Crippen LogP contribution in [0.2, 0.25) is 0 Å². The summed E-state index contributed by atoms with van der Waals surface area (Å²) in [4.78, 5) is 14.4. The molecule has 162 valence electrons. The number of para-hydroxylation sites is 1. The zero-order chi connectivity index (χ0) is 21.3. The lowest BCUT2D eigenvalue weighted by Gasteiger charge is -2.39. The van der Waals surface area contributed by atoms with Crippen molar-refractivity contribution in [3.63, 3.8) is 0 Å². The van der Waals surface area contributed by atoms with Crippen LogP contribution in [0.15, 0.2) is 54.1 Å². The second kappa shape index (κ2) is 8.48. The van der Waals surface area contributed by atoms with Gasteiger partial charge in [-0.3, -0.25) is 4.79 Å². The second-order valence-corrected chi connectivity index (χ2v) is 8.89. The van der Waals surface area contributed by atoms with Crippen LogP contribution in [0.1, 0.15) is 42.4 Å². The minimum absolute atomic E-state index is 0.545. The Kier molecular flexibility index (Phi) is 5.55. The standard InChI is InChI=1S/C26H29NO4/c28-25(29)26(11-15-30-16-12-26)18-27-13-9-19(10-14-27)24-21-6-2-1-5-20(21)17-31-23-8-4-3-7-22(23)24/h1-8H,9-18H2,(H,28,29). The Balaban J connectivity index is 1.43. The summed E-state index contributed by atoms with van der Waals surface area (Å²) in [7, 11) is 0. The van der Waals surface area contributed by atoms with Gasteiger partial charge in [-0.25, -0.2) is 0 Å². The Morgan fingerprint density at radius 1 is 0.968 bits per heavy atom. The van der Waals surface area contributed by atoms with Gasteiger partial charge >= 0.3 is 5.97 Å². The van der Waals surface area contributed by atoms with E-state index in [1.165, 1.54) is 27.8 Å². The Morgan fingerprint density at radius 3 is 2.39 bits per heavy atom. The molecule has 3 aliphatic rings. The molecule has 3 aliphatic heterocycles. The quantitative estimate of drug-likeness (QED) is 0.801. The molecule has 2 fully saturated rings. The van der Waals surface area contributed by atoms with Gasteiger partial charge in [-0.1, -0.05) is 48.0 Å². The Labute approximate surface area is 183 Å². The number of piperidine rings is 1. The number of aliphatic carboxylic acids is 1. The molecule has 0 unspecified atom stereocenters. The van der Waals surface area contributed by atoms with Gasteiger partial charge < -0.3 is 19.5 Å². The van der Waals surface area contributed by atoms with E-state index in [0.29, 0.717) is 39.2 Å². The van der Waals surface area contributed by atoms with E-state index >= 15 is 0 Å². The van der Waals surface area contributed by atoms with Crippen molar-refractivity contribution in [2.45, 2.75) is 32.3 Å². The number of carboxylic acid groups (broad SMARTS) is 1. The summed E-state index contributed by atoms with van der Waals surface area (Å²) in [5, 5.41) is 9.92. The highest BCUT2D eigenvalue weighted by molar-refractivity contribution is 5.87. The molecule has 1 N–H and O–H groups in total. The first-order chi connectivity index (χ1) is 15.2. The fourth-order valence-corrected chi connectivity index (χ4v) is 5.23. The Bertz CT molecular complexity index is 946. The normalized spacial score (nSPS) is 20.9. The van der Waals surface area contributed by atoms with Gasteiger partial charge in [0, 0.05) is 38.4 Å². The number of ether oxygens (including phenoxy) is 2. The number of likely N-dealkylation sites (tertiary alicyclic amines) is 1. The summed E-state index contributed by atoms with van der Waals surface area (Å²) >= 11 is 0. The van der Waals surface area contributed by atoms with Gasteiger partial charge in [-0.05, 0) is 48.4 Å². The highest BCUT2D eigenvalue weighted by Gasteiger charge is 2.42. The first-order valence-electron chi connectivity index (χ1n) is 11.2. The average molecular weight is 420 g/mol. The third-order valence-electron chi connectivity index (χ3n) is 7.07. The molecule has 0 radical (unpaired) electrons. The van der Waals surface area contributed by atoms with Gasteiger partial charge in [-0.15, -0.1) is 0 Å². The molecule has 5 nitrogen and oxygen atoms in total. The van der Waals surface area contributed by atoms with E-state index in [2.05, 4.69) is 47.4 Å². The number of carboxylic acids is 1. The number of hydrogen-bond donors (Lipinski definition) is 1. The molecule has 2 aromatic rings. The van der Waals surface area contributed by atoms with E-state index in [-0.39, 0.29) is 0 Å². The monoisotopic (exact) mass is 419 g/mol. The summed E-state index contributed by atoms with van der Waals surface area (Å²) in [6.07, 6.45) is 3.10. The zero-order valence-corrected chi connectivity index (χ0v) is 17.8. The van der Waals surface area contributed by atoms with Crippen LogP contribution in [-0.4, -0.2) is 48.8 Å². The lowest BCUT2D eigenvalue weighted by atomic mass is 9.79. The van der Waals surface area contributed by atoms with E-state index in [1.807, 2.05) is 6.07 Å². The largest absolute Gasteiger partial charge is 0.488 e. The van der Waals surface area contributed by atoms with E-state index in [4.69, 9.17) is 9.47 Å². The van der Waals surface area contributed by atoms with E-state index < -0.39 is 11.4 Å². The molecule has 0 saturated carbocycles. The van der Waals surface area contributed by atoms with Crippen molar-refractivity contribution in [3.05, 3.63) is 70.8 Å². The molecular weight excluding hydrogens is 390 g/mol. The van der Waals surface area contributed by atoms with Gasteiger partial charge in [0.2, 0.25) is 0 Å². The second-order valence-electron chi connectivity index (χ2n) is 8.89. The number of rotatable bonds is 3. The molecule has 0 amide bonds. The van der Waals surface area contributed by atoms with Crippen molar-refractivity contribution in [1.29, 1.82) is 0 Å². The maximum absolute atomic E-state index is 12.1. The molecular formula is C26H29NO4. The number of nitrogens with zero attached hydrogens (tertiary/aromatic N) is 1.